The summed E-state index contributed by atoms with van der Waals surface area (Å²) in [5, 5.41) is 16.1. The molecular weight excluding hydrogens is 682 g/mol. The number of likely N-dealkylation sites (N-methyl/N-ethyl adjacent to an activating group) is 1. The third-order valence-electron chi connectivity index (χ3n) is 8.19. The number of aromatic nitrogens is 1. The molecule has 1 aliphatic heterocycles. The highest BCUT2D eigenvalue weighted by Gasteiger charge is 2.48. The number of hydrogen-bond donors (Lipinski definition) is 4. The molecule has 51 heavy (non-hydrogen) atoms. The van der Waals surface area contributed by atoms with Crippen LogP contribution in [0, 0.1) is 18.3 Å². The fourth-order valence-corrected chi connectivity index (χ4v) is 6.44. The summed E-state index contributed by atoms with van der Waals surface area (Å²) >= 11 is 1.57. The summed E-state index contributed by atoms with van der Waals surface area (Å²) in [6, 6.07) is 6.92. The second-order valence-corrected chi connectivity index (χ2v) is 14.0. The number of hydrogen-bond acceptors (Lipinski definition) is 12. The van der Waals surface area contributed by atoms with E-state index in [0.29, 0.717) is 26.4 Å². The average molecular weight is 736 g/mol. The van der Waals surface area contributed by atoms with Gasteiger partial charge < -0.3 is 50.1 Å². The van der Waals surface area contributed by atoms with Crippen LogP contribution < -0.4 is 16.4 Å². The maximum absolute atomic E-state index is 14.2. The van der Waals surface area contributed by atoms with Crippen molar-refractivity contribution >= 4 is 35.0 Å². The van der Waals surface area contributed by atoms with E-state index < -0.39 is 47.3 Å². The minimum absolute atomic E-state index is 0.0280. The zero-order valence-corrected chi connectivity index (χ0v) is 31.0. The largest absolute Gasteiger partial charge is 0.391 e. The van der Waals surface area contributed by atoms with Gasteiger partial charge in [0.05, 0.1) is 81.0 Å². The molecule has 0 bridgehead atoms. The van der Waals surface area contributed by atoms with Crippen molar-refractivity contribution in [3.8, 4) is 10.4 Å². The molecule has 0 radical (unpaired) electrons. The first kappa shape index (κ1) is 41.9. The van der Waals surface area contributed by atoms with Crippen molar-refractivity contribution in [3.05, 3.63) is 41.0 Å². The van der Waals surface area contributed by atoms with Crippen molar-refractivity contribution in [2.75, 3.05) is 73.1 Å². The van der Waals surface area contributed by atoms with Gasteiger partial charge in [0, 0.05) is 26.6 Å². The van der Waals surface area contributed by atoms with E-state index in [1.807, 2.05) is 52.0 Å². The Kier molecular flexibility index (Phi) is 17.4. The lowest BCUT2D eigenvalue weighted by Gasteiger charge is -2.38. The number of rotatable bonds is 22. The molecule has 3 rings (SSSR count). The van der Waals surface area contributed by atoms with Gasteiger partial charge in [-0.25, -0.2) is 4.98 Å². The molecule has 1 aromatic heterocycles. The maximum Gasteiger partial charge on any atom is 0.249 e. The second kappa shape index (κ2) is 21.1. The molecule has 0 spiro atoms. The first-order valence-corrected chi connectivity index (χ1v) is 17.9. The van der Waals surface area contributed by atoms with Crippen molar-refractivity contribution in [2.24, 2.45) is 17.1 Å². The Morgan fingerprint density at radius 3 is 2.10 bits per heavy atom. The molecule has 1 aromatic carbocycles. The number of primary amides is 1. The molecule has 15 nitrogen and oxygen atoms in total. The SMILES string of the molecule is CNC(=O)C(OCCOCCOCCOCCOCC(N)=O)[C@@H](C(=O)N1C[C@H](O)C[C@H]1C(=O)NCc1ccc(-c2scnc2C)cc1)C(C)(C)C. The number of carbonyl (C=O) groups is 4. The number of likely N-dealkylation sites (tertiary alicyclic amines) is 1. The quantitative estimate of drug-likeness (QED) is 0.126. The molecule has 1 fully saturated rings. The molecule has 1 unspecified atom stereocenters. The van der Waals surface area contributed by atoms with E-state index >= 15 is 0 Å². The summed E-state index contributed by atoms with van der Waals surface area (Å²) in [4.78, 5) is 58.2. The van der Waals surface area contributed by atoms with E-state index in [4.69, 9.17) is 29.4 Å². The fraction of sp³-hybridized carbons (Fsp3) is 0.629. The minimum atomic E-state index is -1.17. The summed E-state index contributed by atoms with van der Waals surface area (Å²) in [5.74, 6) is -2.82. The molecular formula is C35H53N5O10S. The molecule has 284 valence electrons. The summed E-state index contributed by atoms with van der Waals surface area (Å²) in [6.45, 7) is 9.53. The number of nitrogens with one attached hydrogen (secondary N) is 2. The smallest absolute Gasteiger partial charge is 0.249 e. The molecule has 5 N–H and O–H groups in total. The van der Waals surface area contributed by atoms with Crippen molar-refractivity contribution in [3.63, 3.8) is 0 Å². The van der Waals surface area contributed by atoms with E-state index in [9.17, 15) is 24.3 Å². The van der Waals surface area contributed by atoms with Gasteiger partial charge >= 0.3 is 0 Å². The van der Waals surface area contributed by atoms with E-state index in [1.54, 1.807) is 16.8 Å². The molecule has 1 saturated heterocycles. The summed E-state index contributed by atoms with van der Waals surface area (Å²) in [7, 11) is 1.47. The number of nitrogens with zero attached hydrogens (tertiary/aromatic N) is 2. The van der Waals surface area contributed by atoms with Gasteiger partial charge in [-0.3, -0.25) is 19.2 Å². The van der Waals surface area contributed by atoms with Gasteiger partial charge in [0.15, 0.2) is 0 Å². The van der Waals surface area contributed by atoms with Crippen LogP contribution in [0.2, 0.25) is 0 Å². The molecule has 0 saturated carbocycles. The van der Waals surface area contributed by atoms with Crippen LogP contribution in [0.1, 0.15) is 38.4 Å². The fourth-order valence-electron chi connectivity index (χ4n) is 5.63. The van der Waals surface area contributed by atoms with Gasteiger partial charge in [-0.05, 0) is 23.5 Å². The van der Waals surface area contributed by atoms with Crippen LogP contribution in [-0.4, -0.2) is 130 Å². The van der Waals surface area contributed by atoms with Crippen molar-refractivity contribution in [1.29, 1.82) is 0 Å². The number of ether oxygens (including phenoxy) is 5. The highest BCUT2D eigenvalue weighted by molar-refractivity contribution is 7.13. The molecule has 4 atom stereocenters. The van der Waals surface area contributed by atoms with Crippen molar-refractivity contribution < 1.29 is 48.0 Å². The third kappa shape index (κ3) is 13.5. The van der Waals surface area contributed by atoms with Crippen LogP contribution in [0.15, 0.2) is 29.8 Å². The Hall–Kier alpha value is -3.51. The van der Waals surface area contributed by atoms with Gasteiger partial charge in [-0.1, -0.05) is 45.0 Å². The molecule has 2 heterocycles. The normalized spacial score (nSPS) is 17.3. The van der Waals surface area contributed by atoms with Crippen LogP contribution in [0.5, 0.6) is 0 Å². The number of benzene rings is 1. The molecule has 4 amide bonds. The number of aliphatic hydroxyl groups is 1. The van der Waals surface area contributed by atoms with Crippen LogP contribution in [-0.2, 0) is 49.4 Å². The number of carbonyl (C=O) groups excluding carboxylic acids is 4. The van der Waals surface area contributed by atoms with E-state index in [-0.39, 0.29) is 58.5 Å². The number of aliphatic hydroxyl groups excluding tert-OH is 1. The van der Waals surface area contributed by atoms with E-state index in [2.05, 4.69) is 15.6 Å². The number of thiazole rings is 1. The molecule has 16 heteroatoms. The van der Waals surface area contributed by atoms with Gasteiger partial charge in [0.2, 0.25) is 23.6 Å². The number of amides is 4. The van der Waals surface area contributed by atoms with Crippen LogP contribution in [0.3, 0.4) is 0 Å². The van der Waals surface area contributed by atoms with Crippen LogP contribution >= 0.6 is 11.3 Å². The maximum atomic E-state index is 14.2. The zero-order chi connectivity index (χ0) is 37.4. The monoisotopic (exact) mass is 735 g/mol. The standard InChI is InChI=1S/C35H53N5O10S/c1-23-31(51-22-39-23)25-8-6-24(7-9-25)19-38-32(43)27-18-26(41)20-40(27)34(45)29(35(2,3)4)30(33(44)37-5)50-17-16-48-13-12-46-10-11-47-14-15-49-21-28(36)42/h6-9,22,26-27,29-30,41H,10-21H2,1-5H3,(H2,36,42)(H,37,44)(H,38,43)/t26-,27+,29+,30?/m1/s1. The minimum Gasteiger partial charge on any atom is -0.391 e. The highest BCUT2D eigenvalue weighted by atomic mass is 32.1. The van der Waals surface area contributed by atoms with Gasteiger partial charge in [0.25, 0.3) is 0 Å². The van der Waals surface area contributed by atoms with E-state index in [0.717, 1.165) is 21.7 Å². The molecule has 0 aliphatic carbocycles. The number of β-amino-alcohol motifs (C(OH)–C–C–N with tert-alkyl or cyclic N) is 1. The summed E-state index contributed by atoms with van der Waals surface area (Å²) < 4.78 is 27.4. The van der Waals surface area contributed by atoms with Crippen molar-refractivity contribution in [1.82, 2.24) is 20.5 Å². The van der Waals surface area contributed by atoms with Crippen LogP contribution in [0.4, 0.5) is 0 Å². The molecule has 1 aliphatic rings. The Labute approximate surface area is 303 Å². The first-order chi connectivity index (χ1) is 24.3. The van der Waals surface area contributed by atoms with Crippen molar-refractivity contribution in [2.45, 2.75) is 58.9 Å². The average Bonchev–Trinajstić information content (AvgIpc) is 3.70. The topological polar surface area (TPSA) is 201 Å². The number of nitrogens with two attached hydrogens (primary N) is 1. The van der Waals surface area contributed by atoms with Gasteiger partial charge in [-0.15, -0.1) is 11.3 Å². The predicted octanol–water partition coefficient (Wildman–Crippen LogP) is 1.04. The zero-order valence-electron chi connectivity index (χ0n) is 30.2. The Balaban J connectivity index is 1.51. The Morgan fingerprint density at radius 1 is 0.980 bits per heavy atom. The molecule has 2 aromatic rings. The van der Waals surface area contributed by atoms with Crippen LogP contribution in [0.25, 0.3) is 10.4 Å². The van der Waals surface area contributed by atoms with E-state index in [1.165, 1.54) is 11.9 Å². The first-order valence-electron chi connectivity index (χ1n) is 17.0. The Morgan fingerprint density at radius 2 is 1.57 bits per heavy atom. The number of aryl methyl sites for hydroxylation is 1. The van der Waals surface area contributed by atoms with Gasteiger partial charge in [-0.2, -0.15) is 0 Å². The Bertz CT molecular complexity index is 1400. The summed E-state index contributed by atoms with van der Waals surface area (Å²) in [6.07, 6.45) is -1.98. The lowest BCUT2D eigenvalue weighted by molar-refractivity contribution is -0.159. The third-order valence-corrected chi connectivity index (χ3v) is 9.16. The second-order valence-electron chi connectivity index (χ2n) is 13.2. The predicted molar refractivity (Wildman–Crippen MR) is 189 cm³/mol. The van der Waals surface area contributed by atoms with Gasteiger partial charge in [0.1, 0.15) is 18.8 Å². The highest BCUT2D eigenvalue weighted by Crippen LogP contribution is 2.35. The lowest BCUT2D eigenvalue weighted by Crippen LogP contribution is -2.55. The lowest BCUT2D eigenvalue weighted by atomic mass is 9.75. The summed E-state index contributed by atoms with van der Waals surface area (Å²) in [5.41, 5.74) is 8.94.